The van der Waals surface area contributed by atoms with E-state index >= 15 is 0 Å². The number of amides is 1. The van der Waals surface area contributed by atoms with Crippen LogP contribution in [0.1, 0.15) is 11.3 Å². The molecule has 13 heteroatoms. The van der Waals surface area contributed by atoms with Gasteiger partial charge >= 0.3 is 18.0 Å². The summed E-state index contributed by atoms with van der Waals surface area (Å²) in [6.07, 6.45) is -9.35. The number of nitrogens with zero attached hydrogens (tertiary/aromatic N) is 3. The van der Waals surface area contributed by atoms with E-state index in [4.69, 9.17) is 0 Å². The van der Waals surface area contributed by atoms with Gasteiger partial charge in [0.2, 0.25) is 5.91 Å². The number of carbonyl (C=O) groups is 1. The summed E-state index contributed by atoms with van der Waals surface area (Å²) in [7, 11) is 1.08. The van der Waals surface area contributed by atoms with Crippen LogP contribution in [0.3, 0.4) is 0 Å². The molecule has 0 saturated carbocycles. The van der Waals surface area contributed by atoms with Crippen LogP contribution < -0.4 is 16.6 Å². The van der Waals surface area contributed by atoms with E-state index in [1.54, 1.807) is 0 Å². The predicted molar refractivity (Wildman–Crippen MR) is 96.3 cm³/mol. The van der Waals surface area contributed by atoms with Crippen LogP contribution in [0.2, 0.25) is 0 Å². The molecule has 31 heavy (non-hydrogen) atoms. The standard InChI is InChI=1S/C18H12F6N4O3/c1-27-14-11(6-7-12(26-14)18(22,23)24)15(30)28(16(27)31)8-13(29)25-10-4-2-9(3-5-10)17(19,20)21/h2-7H,8H2,1H3,(H,25,29). The van der Waals surface area contributed by atoms with E-state index < -0.39 is 53.0 Å². The second kappa shape index (κ2) is 7.56. The number of nitrogens with one attached hydrogen (secondary N) is 1. The molecule has 1 amide bonds. The Morgan fingerprint density at radius 1 is 0.968 bits per heavy atom. The number of hydrogen-bond donors (Lipinski definition) is 1. The molecule has 0 spiro atoms. The maximum Gasteiger partial charge on any atom is 0.433 e. The molecule has 1 aromatic carbocycles. The number of anilines is 1. The number of aromatic nitrogens is 3. The zero-order chi connectivity index (χ0) is 23.1. The average Bonchev–Trinajstić information content (AvgIpc) is 2.68. The molecule has 0 bridgehead atoms. The zero-order valence-electron chi connectivity index (χ0n) is 15.5. The molecule has 1 N–H and O–H groups in total. The summed E-state index contributed by atoms with van der Waals surface area (Å²) >= 11 is 0. The molecule has 0 fully saturated rings. The van der Waals surface area contributed by atoms with Gasteiger partial charge in [0.1, 0.15) is 17.9 Å². The highest BCUT2D eigenvalue weighted by Crippen LogP contribution is 2.30. The molecule has 3 rings (SSSR count). The lowest BCUT2D eigenvalue weighted by Crippen LogP contribution is -2.42. The monoisotopic (exact) mass is 446 g/mol. The zero-order valence-corrected chi connectivity index (χ0v) is 15.5. The van der Waals surface area contributed by atoms with E-state index in [9.17, 15) is 40.7 Å². The highest BCUT2D eigenvalue weighted by atomic mass is 19.4. The summed E-state index contributed by atoms with van der Waals surface area (Å²) in [5.74, 6) is -0.904. The summed E-state index contributed by atoms with van der Waals surface area (Å²) < 4.78 is 77.5. The molecule has 164 valence electrons. The molecule has 7 nitrogen and oxygen atoms in total. The second-order valence-electron chi connectivity index (χ2n) is 6.42. The van der Waals surface area contributed by atoms with Gasteiger partial charge in [-0.3, -0.25) is 18.7 Å². The quantitative estimate of drug-likeness (QED) is 0.627. The predicted octanol–water partition coefficient (Wildman–Crippen LogP) is 2.77. The number of hydrogen-bond acceptors (Lipinski definition) is 4. The van der Waals surface area contributed by atoms with Crippen molar-refractivity contribution in [1.82, 2.24) is 14.1 Å². The minimum Gasteiger partial charge on any atom is -0.325 e. The Morgan fingerprint density at radius 3 is 2.13 bits per heavy atom. The van der Waals surface area contributed by atoms with Gasteiger partial charge in [0, 0.05) is 12.7 Å². The van der Waals surface area contributed by atoms with E-state index in [1.165, 1.54) is 0 Å². The molecule has 0 atom stereocenters. The van der Waals surface area contributed by atoms with Gasteiger partial charge < -0.3 is 5.32 Å². The highest BCUT2D eigenvalue weighted by molar-refractivity contribution is 5.90. The summed E-state index contributed by atoms with van der Waals surface area (Å²) in [5, 5.41) is 1.92. The van der Waals surface area contributed by atoms with Crippen LogP contribution in [0.5, 0.6) is 0 Å². The van der Waals surface area contributed by atoms with Crippen molar-refractivity contribution in [2.24, 2.45) is 7.05 Å². The molecule has 0 aliphatic heterocycles. The molecule has 0 aliphatic carbocycles. The first-order valence-electron chi connectivity index (χ1n) is 8.44. The topological polar surface area (TPSA) is 86.0 Å². The van der Waals surface area contributed by atoms with E-state index in [0.717, 1.165) is 37.4 Å². The maximum atomic E-state index is 12.8. The molecule has 3 aromatic rings. The van der Waals surface area contributed by atoms with Crippen LogP contribution in [-0.4, -0.2) is 20.0 Å². The molecule has 2 aromatic heterocycles. The number of benzene rings is 1. The Morgan fingerprint density at radius 2 is 1.58 bits per heavy atom. The van der Waals surface area contributed by atoms with Gasteiger partial charge in [-0.05, 0) is 36.4 Å². The lowest BCUT2D eigenvalue weighted by atomic mass is 10.2. The van der Waals surface area contributed by atoms with Crippen molar-refractivity contribution >= 4 is 22.6 Å². The number of alkyl halides is 6. The van der Waals surface area contributed by atoms with Gasteiger partial charge in [0.05, 0.1) is 10.9 Å². The molecule has 0 radical (unpaired) electrons. The van der Waals surface area contributed by atoms with Crippen LogP contribution >= 0.6 is 0 Å². The van der Waals surface area contributed by atoms with Crippen molar-refractivity contribution in [2.45, 2.75) is 18.9 Å². The normalized spacial score (nSPS) is 12.2. The molecule has 0 aliphatic rings. The fraction of sp³-hybridized carbons (Fsp3) is 0.222. The first kappa shape index (κ1) is 22.1. The Labute approximate surface area is 168 Å². The van der Waals surface area contributed by atoms with E-state index in [0.29, 0.717) is 15.2 Å². The van der Waals surface area contributed by atoms with Crippen molar-refractivity contribution in [3.63, 3.8) is 0 Å². The third-order valence-corrected chi connectivity index (χ3v) is 4.27. The van der Waals surface area contributed by atoms with Crippen LogP contribution in [0, 0.1) is 0 Å². The van der Waals surface area contributed by atoms with E-state index in [-0.39, 0.29) is 11.1 Å². The molecule has 0 saturated heterocycles. The fourth-order valence-electron chi connectivity index (χ4n) is 2.76. The van der Waals surface area contributed by atoms with Crippen LogP contribution in [0.15, 0.2) is 46.0 Å². The number of pyridine rings is 1. The van der Waals surface area contributed by atoms with Gasteiger partial charge in [0.15, 0.2) is 0 Å². The second-order valence-corrected chi connectivity index (χ2v) is 6.42. The van der Waals surface area contributed by atoms with Crippen molar-refractivity contribution in [3.8, 4) is 0 Å². The van der Waals surface area contributed by atoms with Gasteiger partial charge in [0.25, 0.3) is 5.56 Å². The summed E-state index contributed by atoms with van der Waals surface area (Å²) in [6, 6.07) is 4.87. The third-order valence-electron chi connectivity index (χ3n) is 4.27. The summed E-state index contributed by atoms with van der Waals surface area (Å²) in [4.78, 5) is 40.4. The Kier molecular flexibility index (Phi) is 5.38. The largest absolute Gasteiger partial charge is 0.433 e. The minimum absolute atomic E-state index is 0.0138. The number of rotatable bonds is 3. The Balaban J connectivity index is 1.92. The smallest absolute Gasteiger partial charge is 0.325 e. The molecule has 2 heterocycles. The van der Waals surface area contributed by atoms with Crippen molar-refractivity contribution in [3.05, 3.63) is 68.5 Å². The van der Waals surface area contributed by atoms with E-state index in [2.05, 4.69) is 10.3 Å². The first-order chi connectivity index (χ1) is 14.3. The lowest BCUT2D eigenvalue weighted by molar-refractivity contribution is -0.141. The minimum atomic E-state index is -4.79. The highest BCUT2D eigenvalue weighted by Gasteiger charge is 2.33. The summed E-state index contributed by atoms with van der Waals surface area (Å²) in [5.41, 5.74) is -4.89. The summed E-state index contributed by atoms with van der Waals surface area (Å²) in [6.45, 7) is -0.816. The van der Waals surface area contributed by atoms with Crippen LogP contribution in [0.25, 0.3) is 11.0 Å². The average molecular weight is 446 g/mol. The molecule has 0 unspecified atom stereocenters. The van der Waals surface area contributed by atoms with Crippen LogP contribution in [0.4, 0.5) is 32.0 Å². The van der Waals surface area contributed by atoms with Crippen LogP contribution in [-0.2, 0) is 30.7 Å². The van der Waals surface area contributed by atoms with Gasteiger partial charge in [-0.1, -0.05) is 0 Å². The van der Waals surface area contributed by atoms with E-state index in [1.807, 2.05) is 0 Å². The number of fused-ring (bicyclic) bond motifs is 1. The number of carbonyl (C=O) groups excluding carboxylic acids is 1. The fourth-order valence-corrected chi connectivity index (χ4v) is 2.76. The van der Waals surface area contributed by atoms with Gasteiger partial charge in [-0.2, -0.15) is 26.3 Å². The SMILES string of the molecule is Cn1c(=O)n(CC(=O)Nc2ccc(C(F)(F)F)cc2)c(=O)c2ccc(C(F)(F)F)nc21. The number of aryl methyl sites for hydroxylation is 1. The van der Waals surface area contributed by atoms with Crippen molar-refractivity contribution < 1.29 is 31.1 Å². The molecular formula is C18H12F6N4O3. The van der Waals surface area contributed by atoms with Crippen molar-refractivity contribution in [2.75, 3.05) is 5.32 Å². The van der Waals surface area contributed by atoms with Gasteiger partial charge in [-0.25, -0.2) is 9.78 Å². The maximum absolute atomic E-state index is 12.8. The third kappa shape index (κ3) is 4.44. The number of halogens is 6. The first-order valence-corrected chi connectivity index (χ1v) is 8.44. The van der Waals surface area contributed by atoms with Gasteiger partial charge in [-0.15, -0.1) is 0 Å². The van der Waals surface area contributed by atoms with Crippen molar-refractivity contribution in [1.29, 1.82) is 0 Å². The lowest BCUT2D eigenvalue weighted by Gasteiger charge is -2.12. The Bertz CT molecular complexity index is 1270. The molecular weight excluding hydrogens is 434 g/mol. The Hall–Kier alpha value is -3.64.